The van der Waals surface area contributed by atoms with Crippen LogP contribution in [-0.4, -0.2) is 17.1 Å². The summed E-state index contributed by atoms with van der Waals surface area (Å²) in [6.07, 6.45) is -4.43. The Bertz CT molecular complexity index is 683. The Morgan fingerprint density at radius 3 is 2.76 bits per heavy atom. The van der Waals surface area contributed by atoms with E-state index in [4.69, 9.17) is 4.74 Å². The number of aromatic amines is 1. The van der Waals surface area contributed by atoms with Gasteiger partial charge in [0.15, 0.2) is 0 Å². The molecule has 0 aliphatic carbocycles. The van der Waals surface area contributed by atoms with E-state index in [0.717, 1.165) is 12.1 Å². The van der Waals surface area contributed by atoms with Crippen LogP contribution in [0.4, 0.5) is 24.8 Å². The van der Waals surface area contributed by atoms with Crippen LogP contribution in [0.2, 0.25) is 0 Å². The summed E-state index contributed by atoms with van der Waals surface area (Å²) in [6, 6.07) is 5.85. The lowest BCUT2D eigenvalue weighted by Gasteiger charge is -2.10. The first-order valence-corrected chi connectivity index (χ1v) is 5.92. The van der Waals surface area contributed by atoms with Gasteiger partial charge < -0.3 is 10.1 Å². The highest BCUT2D eigenvalue weighted by atomic mass is 19.4. The molecule has 2 N–H and O–H groups in total. The number of methoxy groups -OCH3 is 1. The fraction of sp³-hybridized carbons (Fsp3) is 0.231. The third-order valence-electron chi connectivity index (χ3n) is 2.54. The molecular weight excluding hydrogens is 287 g/mol. The van der Waals surface area contributed by atoms with Gasteiger partial charge in [-0.1, -0.05) is 6.07 Å². The maximum absolute atomic E-state index is 12.6. The maximum atomic E-state index is 12.6. The number of benzene rings is 1. The van der Waals surface area contributed by atoms with Gasteiger partial charge in [-0.05, 0) is 18.2 Å². The zero-order chi connectivity index (χ0) is 15.5. The van der Waals surface area contributed by atoms with Crippen LogP contribution in [0.5, 0.6) is 0 Å². The van der Waals surface area contributed by atoms with Crippen LogP contribution >= 0.6 is 0 Å². The molecule has 0 fully saturated rings. The molecule has 1 aromatic heterocycles. The predicted molar refractivity (Wildman–Crippen MR) is 70.3 cm³/mol. The molecule has 0 atom stereocenters. The molecule has 21 heavy (non-hydrogen) atoms. The topological polar surface area (TPSA) is 67.0 Å². The minimum atomic E-state index is -4.43. The maximum Gasteiger partial charge on any atom is 0.416 e. The Morgan fingerprint density at radius 2 is 2.10 bits per heavy atom. The van der Waals surface area contributed by atoms with Gasteiger partial charge in [-0.25, -0.2) is 4.98 Å². The lowest BCUT2D eigenvalue weighted by molar-refractivity contribution is -0.137. The summed E-state index contributed by atoms with van der Waals surface area (Å²) in [5.41, 5.74) is -0.673. The number of hydrogen-bond acceptors (Lipinski definition) is 4. The Kier molecular flexibility index (Phi) is 4.27. The van der Waals surface area contributed by atoms with Crippen LogP contribution in [0.3, 0.4) is 0 Å². The van der Waals surface area contributed by atoms with Crippen LogP contribution in [0.15, 0.2) is 35.1 Å². The molecular formula is C13H12F3N3O2. The van der Waals surface area contributed by atoms with Gasteiger partial charge in [0.1, 0.15) is 0 Å². The molecule has 0 radical (unpaired) electrons. The first-order chi connectivity index (χ1) is 9.88. The molecule has 5 nitrogen and oxygen atoms in total. The molecule has 0 bridgehead atoms. The van der Waals surface area contributed by atoms with Gasteiger partial charge in [-0.3, -0.25) is 9.78 Å². The summed E-state index contributed by atoms with van der Waals surface area (Å²) < 4.78 is 42.7. The Balaban J connectivity index is 2.28. The summed E-state index contributed by atoms with van der Waals surface area (Å²) in [5.74, 6) is 0.0499. The van der Waals surface area contributed by atoms with E-state index in [1.54, 1.807) is 0 Å². The molecule has 0 saturated heterocycles. The number of nitrogens with zero attached hydrogens (tertiary/aromatic N) is 1. The lowest BCUT2D eigenvalue weighted by atomic mass is 10.2. The molecule has 0 saturated carbocycles. The van der Waals surface area contributed by atoms with Crippen molar-refractivity contribution in [3.05, 3.63) is 51.9 Å². The second-order valence-corrected chi connectivity index (χ2v) is 4.22. The monoisotopic (exact) mass is 299 g/mol. The quantitative estimate of drug-likeness (QED) is 0.911. The smallest absolute Gasteiger partial charge is 0.378 e. The molecule has 0 unspecified atom stereocenters. The molecule has 2 rings (SSSR count). The van der Waals surface area contributed by atoms with Crippen LogP contribution in [0.25, 0.3) is 0 Å². The predicted octanol–water partition coefficient (Wildman–Crippen LogP) is 2.68. The Hall–Kier alpha value is -2.35. The standard InChI is InChI=1S/C13H12F3N3O2/c1-21-7-10-6-11(20)19-12(18-10)17-9-4-2-3-8(5-9)13(14,15)16/h2-6H,7H2,1H3,(H2,17,18,19,20). The number of aromatic nitrogens is 2. The molecule has 1 aromatic carbocycles. The minimum absolute atomic E-state index is 0.0499. The summed E-state index contributed by atoms with van der Waals surface area (Å²) in [7, 11) is 1.45. The van der Waals surface area contributed by atoms with E-state index in [0.29, 0.717) is 5.69 Å². The fourth-order valence-corrected chi connectivity index (χ4v) is 1.70. The van der Waals surface area contributed by atoms with Crippen molar-refractivity contribution >= 4 is 11.6 Å². The summed E-state index contributed by atoms with van der Waals surface area (Å²) in [5, 5.41) is 2.63. The molecule has 8 heteroatoms. The van der Waals surface area contributed by atoms with Crippen LogP contribution in [0.1, 0.15) is 11.3 Å². The second-order valence-electron chi connectivity index (χ2n) is 4.22. The van der Waals surface area contributed by atoms with E-state index in [2.05, 4.69) is 15.3 Å². The average molecular weight is 299 g/mol. The number of rotatable bonds is 4. The molecule has 112 valence electrons. The third-order valence-corrected chi connectivity index (χ3v) is 2.54. The van der Waals surface area contributed by atoms with Gasteiger partial charge >= 0.3 is 6.18 Å². The van der Waals surface area contributed by atoms with Gasteiger partial charge in [0.25, 0.3) is 5.56 Å². The Labute approximate surface area is 117 Å². The highest BCUT2D eigenvalue weighted by Crippen LogP contribution is 2.31. The van der Waals surface area contributed by atoms with Crippen molar-refractivity contribution in [1.82, 2.24) is 9.97 Å². The number of nitrogens with one attached hydrogen (secondary N) is 2. The fourth-order valence-electron chi connectivity index (χ4n) is 1.70. The number of alkyl halides is 3. The minimum Gasteiger partial charge on any atom is -0.378 e. The van der Waals surface area contributed by atoms with E-state index >= 15 is 0 Å². The number of halogens is 3. The zero-order valence-electron chi connectivity index (χ0n) is 11.0. The van der Waals surface area contributed by atoms with Gasteiger partial charge in [-0.2, -0.15) is 13.2 Å². The van der Waals surface area contributed by atoms with E-state index in [9.17, 15) is 18.0 Å². The van der Waals surface area contributed by atoms with Gasteiger partial charge in [0.2, 0.25) is 5.95 Å². The lowest BCUT2D eigenvalue weighted by Crippen LogP contribution is -2.13. The van der Waals surface area contributed by atoms with E-state index in [-0.39, 0.29) is 18.2 Å². The van der Waals surface area contributed by atoms with Crippen molar-refractivity contribution in [2.45, 2.75) is 12.8 Å². The highest BCUT2D eigenvalue weighted by Gasteiger charge is 2.30. The van der Waals surface area contributed by atoms with Gasteiger partial charge in [0, 0.05) is 18.9 Å². The molecule has 2 aromatic rings. The largest absolute Gasteiger partial charge is 0.416 e. The first-order valence-electron chi connectivity index (χ1n) is 5.92. The first kappa shape index (κ1) is 15.0. The highest BCUT2D eigenvalue weighted by molar-refractivity contribution is 5.54. The Morgan fingerprint density at radius 1 is 1.33 bits per heavy atom. The van der Waals surface area contributed by atoms with Crippen molar-refractivity contribution < 1.29 is 17.9 Å². The molecule has 1 heterocycles. The number of H-pyrrole nitrogens is 1. The normalized spacial score (nSPS) is 11.4. The number of anilines is 2. The molecule has 0 aliphatic rings. The molecule has 0 amide bonds. The van der Waals surface area contributed by atoms with Gasteiger partial charge in [-0.15, -0.1) is 0 Å². The van der Waals surface area contributed by atoms with Crippen molar-refractivity contribution in [2.24, 2.45) is 0 Å². The van der Waals surface area contributed by atoms with E-state index in [1.165, 1.54) is 25.3 Å². The van der Waals surface area contributed by atoms with Crippen LogP contribution in [-0.2, 0) is 17.5 Å². The third kappa shape index (κ3) is 4.06. The van der Waals surface area contributed by atoms with E-state index < -0.39 is 17.3 Å². The molecule has 0 spiro atoms. The number of hydrogen-bond donors (Lipinski definition) is 2. The summed E-state index contributed by atoms with van der Waals surface area (Å²) in [4.78, 5) is 17.9. The average Bonchev–Trinajstić information content (AvgIpc) is 2.37. The van der Waals surface area contributed by atoms with Crippen molar-refractivity contribution in [1.29, 1.82) is 0 Å². The zero-order valence-corrected chi connectivity index (χ0v) is 11.0. The van der Waals surface area contributed by atoms with E-state index in [1.807, 2.05) is 0 Å². The van der Waals surface area contributed by atoms with Crippen molar-refractivity contribution in [3.63, 3.8) is 0 Å². The van der Waals surface area contributed by atoms with Crippen molar-refractivity contribution in [2.75, 3.05) is 12.4 Å². The van der Waals surface area contributed by atoms with Crippen molar-refractivity contribution in [3.8, 4) is 0 Å². The summed E-state index contributed by atoms with van der Waals surface area (Å²) in [6.45, 7) is 0.126. The SMILES string of the molecule is COCc1cc(=O)[nH]c(Nc2cccc(C(F)(F)F)c2)n1. The van der Waals surface area contributed by atoms with Crippen LogP contribution in [0, 0.1) is 0 Å². The number of ether oxygens (including phenoxy) is 1. The summed E-state index contributed by atoms with van der Waals surface area (Å²) >= 11 is 0. The van der Waals surface area contributed by atoms with Gasteiger partial charge in [0.05, 0.1) is 17.9 Å². The van der Waals surface area contributed by atoms with Crippen LogP contribution < -0.4 is 10.9 Å². The second kappa shape index (κ2) is 5.96. The molecule has 0 aliphatic heterocycles.